The predicted molar refractivity (Wildman–Crippen MR) is 87.9 cm³/mol. The fourth-order valence-corrected chi connectivity index (χ4v) is 3.18. The van der Waals surface area contributed by atoms with E-state index in [0.717, 1.165) is 37.8 Å². The molecule has 1 aromatic rings. The van der Waals surface area contributed by atoms with Crippen LogP contribution in [0.3, 0.4) is 0 Å². The van der Waals surface area contributed by atoms with E-state index in [2.05, 4.69) is 10.3 Å². The number of nitrogens with zero attached hydrogens (tertiary/aromatic N) is 1. The highest BCUT2D eigenvalue weighted by Gasteiger charge is 2.37. The number of carbonyl (C=O) groups is 1. The summed E-state index contributed by atoms with van der Waals surface area (Å²) in [6, 6.07) is 0. The molecule has 3 N–H and O–H groups in total. The number of thiazole rings is 1. The summed E-state index contributed by atoms with van der Waals surface area (Å²) in [4.78, 5) is 16.3. The third-order valence-corrected chi connectivity index (χ3v) is 4.37. The normalized spacial score (nSPS) is 25.2. The van der Waals surface area contributed by atoms with Crippen LogP contribution in [0.2, 0.25) is 0 Å². The van der Waals surface area contributed by atoms with Crippen LogP contribution in [0.4, 0.5) is 0 Å². The van der Waals surface area contributed by atoms with Crippen molar-refractivity contribution in [2.45, 2.75) is 44.6 Å². The zero-order valence-corrected chi connectivity index (χ0v) is 14.1. The van der Waals surface area contributed by atoms with Gasteiger partial charge in [0.1, 0.15) is 0 Å². The van der Waals surface area contributed by atoms with Gasteiger partial charge in [0.2, 0.25) is 5.91 Å². The van der Waals surface area contributed by atoms with Gasteiger partial charge >= 0.3 is 0 Å². The number of carbonyl (C=O) groups excluding carboxylic acids is 1. The van der Waals surface area contributed by atoms with E-state index >= 15 is 0 Å². The molecule has 0 aliphatic heterocycles. The Morgan fingerprint density at radius 3 is 2.90 bits per heavy atom. The Labute approximate surface area is 136 Å². The summed E-state index contributed by atoms with van der Waals surface area (Å²) in [5, 5.41) is 5.01. The van der Waals surface area contributed by atoms with E-state index in [0.29, 0.717) is 6.54 Å². The van der Waals surface area contributed by atoms with Gasteiger partial charge in [-0.05, 0) is 19.8 Å². The number of aromatic nitrogens is 1. The molecule has 1 aliphatic rings. The van der Waals surface area contributed by atoms with Crippen LogP contribution in [0.5, 0.6) is 0 Å². The minimum Gasteiger partial charge on any atom is -0.355 e. The van der Waals surface area contributed by atoms with Crippen LogP contribution in [-0.4, -0.2) is 23.0 Å². The van der Waals surface area contributed by atoms with Gasteiger partial charge in [-0.25, -0.2) is 4.98 Å². The summed E-state index contributed by atoms with van der Waals surface area (Å²) in [6.45, 7) is 2.64. The Balaban J connectivity index is 0.00000180. The first-order chi connectivity index (χ1) is 8.59. The molecule has 1 heterocycles. The topological polar surface area (TPSA) is 68.0 Å². The van der Waals surface area contributed by atoms with Crippen molar-refractivity contribution in [2.75, 3.05) is 6.54 Å². The largest absolute Gasteiger partial charge is 0.355 e. The molecule has 0 bridgehead atoms. The average Bonchev–Trinajstić information content (AvgIpc) is 2.81. The Hall–Kier alpha value is -0.360. The first-order valence-electron chi connectivity index (χ1n) is 6.53. The fourth-order valence-electron chi connectivity index (χ4n) is 2.59. The van der Waals surface area contributed by atoms with Crippen LogP contribution in [0.25, 0.3) is 0 Å². The van der Waals surface area contributed by atoms with Gasteiger partial charge in [0, 0.05) is 23.9 Å². The maximum Gasteiger partial charge on any atom is 0.224 e. The summed E-state index contributed by atoms with van der Waals surface area (Å²) < 4.78 is 0. The Morgan fingerprint density at radius 2 is 2.30 bits per heavy atom. The lowest BCUT2D eigenvalue weighted by Crippen LogP contribution is -2.53. The lowest BCUT2D eigenvalue weighted by Gasteiger charge is -2.37. The minimum atomic E-state index is -0.344. The molecule has 1 fully saturated rings. The molecule has 4 nitrogen and oxygen atoms in total. The molecule has 2 rings (SSSR count). The molecule has 0 radical (unpaired) electrons. The van der Waals surface area contributed by atoms with E-state index in [-0.39, 0.29) is 42.2 Å². The smallest absolute Gasteiger partial charge is 0.224 e. The quantitative estimate of drug-likeness (QED) is 0.885. The van der Waals surface area contributed by atoms with Gasteiger partial charge in [0.15, 0.2) is 0 Å². The number of halogens is 2. The van der Waals surface area contributed by atoms with Crippen molar-refractivity contribution in [3.63, 3.8) is 0 Å². The summed E-state index contributed by atoms with van der Waals surface area (Å²) >= 11 is 1.58. The van der Waals surface area contributed by atoms with Crippen LogP contribution in [0, 0.1) is 5.92 Å². The third kappa shape index (κ3) is 5.20. The van der Waals surface area contributed by atoms with Gasteiger partial charge in [-0.1, -0.05) is 12.8 Å². The molecular formula is C13H23Cl2N3OS. The second-order valence-corrected chi connectivity index (χ2v) is 6.04. The van der Waals surface area contributed by atoms with Crippen LogP contribution in [0.1, 0.15) is 38.3 Å². The van der Waals surface area contributed by atoms with Crippen molar-refractivity contribution < 1.29 is 4.79 Å². The molecule has 1 amide bonds. The number of rotatable bonds is 4. The number of hydrogen-bond acceptors (Lipinski definition) is 4. The highest BCUT2D eigenvalue weighted by molar-refractivity contribution is 7.07. The number of nitrogens with one attached hydrogen (secondary N) is 1. The maximum atomic E-state index is 12.1. The monoisotopic (exact) mass is 339 g/mol. The highest BCUT2D eigenvalue weighted by atomic mass is 35.5. The summed E-state index contributed by atoms with van der Waals surface area (Å²) in [5.41, 5.74) is 8.73. The Kier molecular flexibility index (Phi) is 8.66. The number of nitrogens with two attached hydrogens (primary N) is 1. The Morgan fingerprint density at radius 1 is 1.55 bits per heavy atom. The molecule has 20 heavy (non-hydrogen) atoms. The minimum absolute atomic E-state index is 0. The van der Waals surface area contributed by atoms with Crippen molar-refractivity contribution in [2.24, 2.45) is 11.7 Å². The zero-order valence-electron chi connectivity index (χ0n) is 11.6. The molecule has 116 valence electrons. The highest BCUT2D eigenvalue weighted by Crippen LogP contribution is 2.31. The van der Waals surface area contributed by atoms with E-state index in [1.165, 1.54) is 0 Å². The number of hydrogen-bond donors (Lipinski definition) is 2. The molecule has 0 aromatic carbocycles. The third-order valence-electron chi connectivity index (χ3n) is 3.73. The molecular weight excluding hydrogens is 317 g/mol. The molecule has 1 aromatic heterocycles. The van der Waals surface area contributed by atoms with Crippen LogP contribution >= 0.6 is 36.2 Å². The molecule has 0 spiro atoms. The first kappa shape index (κ1) is 19.6. The van der Waals surface area contributed by atoms with Crippen molar-refractivity contribution in [3.8, 4) is 0 Å². The molecule has 7 heteroatoms. The number of amides is 1. The molecule has 2 unspecified atom stereocenters. The maximum absolute atomic E-state index is 12.1. The Bertz CT molecular complexity index is 398. The van der Waals surface area contributed by atoms with E-state index in [1.807, 2.05) is 17.8 Å². The predicted octanol–water partition coefficient (Wildman–Crippen LogP) is 2.55. The SMILES string of the molecule is CC1(N)CCCCC1C(=O)NCCc1cscn1.Cl.Cl. The van der Waals surface area contributed by atoms with Crippen molar-refractivity contribution in [3.05, 3.63) is 16.6 Å². The van der Waals surface area contributed by atoms with Gasteiger partial charge in [-0.3, -0.25) is 4.79 Å². The first-order valence-corrected chi connectivity index (χ1v) is 7.47. The lowest BCUT2D eigenvalue weighted by atomic mass is 9.74. The van der Waals surface area contributed by atoms with Gasteiger partial charge in [-0.2, -0.15) is 0 Å². The second kappa shape index (κ2) is 8.82. The van der Waals surface area contributed by atoms with Crippen molar-refractivity contribution >= 4 is 42.1 Å². The summed E-state index contributed by atoms with van der Waals surface area (Å²) in [7, 11) is 0. The van der Waals surface area contributed by atoms with E-state index in [4.69, 9.17) is 5.73 Å². The molecule has 1 saturated carbocycles. The van der Waals surface area contributed by atoms with E-state index in [1.54, 1.807) is 11.3 Å². The van der Waals surface area contributed by atoms with Gasteiger partial charge in [0.05, 0.1) is 17.1 Å². The summed E-state index contributed by atoms with van der Waals surface area (Å²) in [5.74, 6) is 0.0663. The second-order valence-electron chi connectivity index (χ2n) is 5.32. The lowest BCUT2D eigenvalue weighted by molar-refractivity contribution is -0.128. The summed E-state index contributed by atoms with van der Waals surface area (Å²) in [6.07, 6.45) is 4.89. The van der Waals surface area contributed by atoms with Gasteiger partial charge in [0.25, 0.3) is 0 Å². The van der Waals surface area contributed by atoms with Crippen LogP contribution < -0.4 is 11.1 Å². The zero-order chi connectivity index (χ0) is 13.0. The van der Waals surface area contributed by atoms with Gasteiger partial charge in [-0.15, -0.1) is 36.2 Å². The fraction of sp³-hybridized carbons (Fsp3) is 0.692. The molecule has 0 saturated heterocycles. The van der Waals surface area contributed by atoms with Crippen LogP contribution in [0.15, 0.2) is 10.9 Å². The average molecular weight is 340 g/mol. The molecule has 2 atom stereocenters. The molecule has 1 aliphatic carbocycles. The van der Waals surface area contributed by atoms with E-state index < -0.39 is 0 Å². The standard InChI is InChI=1S/C13H21N3OS.2ClH/c1-13(14)6-3-2-4-11(13)12(17)15-7-5-10-8-18-9-16-10;;/h8-9,11H,2-7,14H2,1H3,(H,15,17);2*1H. The van der Waals surface area contributed by atoms with Crippen LogP contribution in [-0.2, 0) is 11.2 Å². The van der Waals surface area contributed by atoms with Gasteiger partial charge < -0.3 is 11.1 Å². The van der Waals surface area contributed by atoms with E-state index in [9.17, 15) is 4.79 Å². The van der Waals surface area contributed by atoms with Crippen molar-refractivity contribution in [1.82, 2.24) is 10.3 Å². The van der Waals surface area contributed by atoms with Crippen molar-refractivity contribution in [1.29, 1.82) is 0 Å².